The van der Waals surface area contributed by atoms with Gasteiger partial charge in [-0.2, -0.15) is 0 Å². The zero-order valence-corrected chi connectivity index (χ0v) is 12.1. The molecule has 0 heterocycles. The summed E-state index contributed by atoms with van der Waals surface area (Å²) in [5.41, 5.74) is 0.159. The summed E-state index contributed by atoms with van der Waals surface area (Å²) in [7, 11) is 0.222. The topological polar surface area (TPSA) is 43.4 Å². The van der Waals surface area contributed by atoms with Gasteiger partial charge in [-0.3, -0.25) is 9.00 Å². The van der Waals surface area contributed by atoms with Crippen molar-refractivity contribution in [3.05, 3.63) is 29.6 Å². The van der Waals surface area contributed by atoms with Gasteiger partial charge in [0.25, 0.3) is 0 Å². The minimum Gasteiger partial charge on any atom is -0.496 e. The number of Topliss-reactive ketones (excluding diaryl/α,β-unsaturated/α-hetero) is 1. The molecule has 0 aliphatic carbocycles. The second-order valence-corrected chi connectivity index (χ2v) is 5.84. The van der Waals surface area contributed by atoms with E-state index in [0.29, 0.717) is 11.5 Å². The normalized spacial score (nSPS) is 12.2. The zero-order chi connectivity index (χ0) is 14.3. The third-order valence-corrected chi connectivity index (χ3v) is 4.06. The van der Waals surface area contributed by atoms with Crippen LogP contribution < -0.4 is 4.74 Å². The maximum absolute atomic E-state index is 13.1. The van der Waals surface area contributed by atoms with Crippen LogP contribution in [0.2, 0.25) is 0 Å². The molecular weight excluding hydrogens is 267 g/mol. The third-order valence-electron chi connectivity index (χ3n) is 2.73. The van der Waals surface area contributed by atoms with E-state index in [0.717, 1.165) is 25.3 Å². The van der Waals surface area contributed by atoms with Gasteiger partial charge in [-0.1, -0.05) is 19.8 Å². The quantitative estimate of drug-likeness (QED) is 0.545. The smallest absolute Gasteiger partial charge is 0.179 e. The number of halogens is 1. The van der Waals surface area contributed by atoms with Crippen molar-refractivity contribution < 1.29 is 18.1 Å². The lowest BCUT2D eigenvalue weighted by molar-refractivity contribution is 0.101. The summed E-state index contributed by atoms with van der Waals surface area (Å²) in [5, 5.41) is 0. The molecule has 1 atom stereocenters. The van der Waals surface area contributed by atoms with Gasteiger partial charge in [0.1, 0.15) is 11.6 Å². The molecule has 0 aliphatic rings. The van der Waals surface area contributed by atoms with Crippen molar-refractivity contribution >= 4 is 16.6 Å². The van der Waals surface area contributed by atoms with Gasteiger partial charge < -0.3 is 4.74 Å². The molecule has 19 heavy (non-hydrogen) atoms. The standard InChI is InChI=1S/C14H19FO3S/c1-3-4-5-8-19(17)10-13(16)12-9-11(15)6-7-14(12)18-2/h6-7,9H,3-5,8,10H2,1-2H3. The minimum atomic E-state index is -1.20. The summed E-state index contributed by atoms with van der Waals surface area (Å²) >= 11 is 0. The molecule has 0 saturated heterocycles. The highest BCUT2D eigenvalue weighted by Crippen LogP contribution is 2.20. The summed E-state index contributed by atoms with van der Waals surface area (Å²) in [6, 6.07) is 3.76. The third kappa shape index (κ3) is 5.11. The van der Waals surface area contributed by atoms with Gasteiger partial charge in [0.05, 0.1) is 18.4 Å². The molecule has 0 bridgehead atoms. The van der Waals surface area contributed by atoms with Crippen molar-refractivity contribution in [1.82, 2.24) is 0 Å². The number of rotatable bonds is 8. The van der Waals surface area contributed by atoms with Crippen molar-refractivity contribution in [2.24, 2.45) is 0 Å². The highest BCUT2D eigenvalue weighted by Gasteiger charge is 2.16. The molecule has 1 aromatic rings. The lowest BCUT2D eigenvalue weighted by Gasteiger charge is -2.07. The summed E-state index contributed by atoms with van der Waals surface area (Å²) in [4.78, 5) is 12.0. The highest BCUT2D eigenvalue weighted by molar-refractivity contribution is 7.85. The number of carbonyl (C=O) groups is 1. The maximum Gasteiger partial charge on any atom is 0.179 e. The lowest BCUT2D eigenvalue weighted by Crippen LogP contribution is -2.14. The van der Waals surface area contributed by atoms with Gasteiger partial charge >= 0.3 is 0 Å². The minimum absolute atomic E-state index is 0.0798. The number of ketones is 1. The predicted octanol–water partition coefficient (Wildman–Crippen LogP) is 2.96. The molecule has 0 radical (unpaired) electrons. The van der Waals surface area contributed by atoms with Crippen molar-refractivity contribution in [1.29, 1.82) is 0 Å². The summed E-state index contributed by atoms with van der Waals surface area (Å²) in [6.45, 7) is 2.06. The van der Waals surface area contributed by atoms with Crippen LogP contribution in [-0.4, -0.2) is 28.6 Å². The Labute approximate surface area is 115 Å². The first-order chi connectivity index (χ1) is 9.08. The van der Waals surface area contributed by atoms with Gasteiger partial charge in [0.2, 0.25) is 0 Å². The summed E-state index contributed by atoms with van der Waals surface area (Å²) in [5.74, 6) is -0.0927. The fraction of sp³-hybridized carbons (Fsp3) is 0.500. The van der Waals surface area contributed by atoms with Crippen molar-refractivity contribution in [3.8, 4) is 5.75 Å². The Balaban J connectivity index is 2.67. The molecular formula is C14H19FO3S. The van der Waals surface area contributed by atoms with E-state index in [2.05, 4.69) is 6.92 Å². The second kappa shape index (κ2) is 8.04. The average Bonchev–Trinajstić information content (AvgIpc) is 2.39. The fourth-order valence-electron chi connectivity index (χ4n) is 1.71. The van der Waals surface area contributed by atoms with Crippen LogP contribution in [0.3, 0.4) is 0 Å². The molecule has 1 aromatic carbocycles. The molecule has 0 amide bonds. The van der Waals surface area contributed by atoms with Crippen molar-refractivity contribution in [2.45, 2.75) is 26.2 Å². The molecule has 3 nitrogen and oxygen atoms in total. The van der Waals surface area contributed by atoms with Gasteiger partial charge in [-0.15, -0.1) is 0 Å². The number of hydrogen-bond donors (Lipinski definition) is 0. The van der Waals surface area contributed by atoms with Crippen LogP contribution in [0, 0.1) is 5.82 Å². The van der Waals surface area contributed by atoms with Crippen LogP contribution in [-0.2, 0) is 10.8 Å². The van der Waals surface area contributed by atoms with Crippen LogP contribution in [0.1, 0.15) is 36.5 Å². The Kier molecular flexibility index (Phi) is 6.70. The van der Waals surface area contributed by atoms with E-state index >= 15 is 0 Å². The molecule has 0 spiro atoms. The zero-order valence-electron chi connectivity index (χ0n) is 11.3. The molecule has 1 unspecified atom stereocenters. The van der Waals surface area contributed by atoms with E-state index in [9.17, 15) is 13.4 Å². The second-order valence-electron chi connectivity index (χ2n) is 4.26. The number of hydrogen-bond acceptors (Lipinski definition) is 3. The maximum atomic E-state index is 13.1. The number of methoxy groups -OCH3 is 1. The fourth-order valence-corrected chi connectivity index (χ4v) is 2.83. The largest absolute Gasteiger partial charge is 0.496 e. The average molecular weight is 286 g/mol. The SMILES string of the molecule is CCCCCS(=O)CC(=O)c1cc(F)ccc1OC. The first-order valence-corrected chi connectivity index (χ1v) is 7.79. The molecule has 0 N–H and O–H groups in total. The van der Waals surface area contributed by atoms with E-state index in [1.54, 1.807) is 0 Å². The Morgan fingerprint density at radius 2 is 2.11 bits per heavy atom. The summed E-state index contributed by atoms with van der Waals surface area (Å²) in [6.07, 6.45) is 2.89. The number of unbranched alkanes of at least 4 members (excludes halogenated alkanes) is 2. The van der Waals surface area contributed by atoms with E-state index in [1.165, 1.54) is 19.2 Å². The Morgan fingerprint density at radius 3 is 2.74 bits per heavy atom. The van der Waals surface area contributed by atoms with Crippen molar-refractivity contribution in [3.63, 3.8) is 0 Å². The summed E-state index contributed by atoms with van der Waals surface area (Å²) < 4.78 is 29.9. The van der Waals surface area contributed by atoms with E-state index in [-0.39, 0.29) is 17.1 Å². The highest BCUT2D eigenvalue weighted by atomic mass is 32.2. The van der Waals surface area contributed by atoms with E-state index in [4.69, 9.17) is 4.74 Å². The van der Waals surface area contributed by atoms with Gasteiger partial charge in [-0.05, 0) is 24.6 Å². The Bertz CT molecular complexity index is 460. The molecule has 106 valence electrons. The van der Waals surface area contributed by atoms with Crippen LogP contribution >= 0.6 is 0 Å². The molecule has 0 saturated carbocycles. The monoisotopic (exact) mass is 286 g/mol. The van der Waals surface area contributed by atoms with Gasteiger partial charge in [0, 0.05) is 16.6 Å². The van der Waals surface area contributed by atoms with Crippen LogP contribution in [0.5, 0.6) is 5.75 Å². The van der Waals surface area contributed by atoms with E-state index in [1.807, 2.05) is 0 Å². The molecule has 0 aliphatic heterocycles. The molecule has 0 aromatic heterocycles. The number of benzene rings is 1. The number of ether oxygens (including phenoxy) is 1. The Morgan fingerprint density at radius 1 is 1.37 bits per heavy atom. The number of carbonyl (C=O) groups excluding carboxylic acids is 1. The molecule has 5 heteroatoms. The molecule has 0 fully saturated rings. The van der Waals surface area contributed by atoms with E-state index < -0.39 is 16.6 Å². The van der Waals surface area contributed by atoms with Crippen LogP contribution in [0.4, 0.5) is 4.39 Å². The first-order valence-electron chi connectivity index (χ1n) is 6.30. The van der Waals surface area contributed by atoms with Crippen LogP contribution in [0.15, 0.2) is 18.2 Å². The predicted molar refractivity (Wildman–Crippen MR) is 74.7 cm³/mol. The van der Waals surface area contributed by atoms with Crippen LogP contribution in [0.25, 0.3) is 0 Å². The lowest BCUT2D eigenvalue weighted by atomic mass is 10.1. The van der Waals surface area contributed by atoms with Gasteiger partial charge in [0.15, 0.2) is 5.78 Å². The Hall–Kier alpha value is -1.23. The molecule has 1 rings (SSSR count). The van der Waals surface area contributed by atoms with Gasteiger partial charge in [-0.25, -0.2) is 4.39 Å². The van der Waals surface area contributed by atoms with Crippen molar-refractivity contribution in [2.75, 3.05) is 18.6 Å². The first kappa shape index (κ1) is 15.8.